The van der Waals surface area contributed by atoms with E-state index in [-0.39, 0.29) is 17.9 Å². The standard InChI is InChI=1S/C15H17Cl2NO3/c1-3-12(9-4-5-10(16)11(17)8-9)18-13(15(20)21-2)6-7-14(18)19/h4-5,8,12-13H,3,6-7H2,1-2H3. The summed E-state index contributed by atoms with van der Waals surface area (Å²) < 4.78 is 4.81. The van der Waals surface area contributed by atoms with Crippen LogP contribution in [0.5, 0.6) is 0 Å². The van der Waals surface area contributed by atoms with Crippen molar-refractivity contribution in [3.63, 3.8) is 0 Å². The van der Waals surface area contributed by atoms with E-state index in [4.69, 9.17) is 27.9 Å². The lowest BCUT2D eigenvalue weighted by molar-refractivity contribution is -0.151. The van der Waals surface area contributed by atoms with Crippen LogP contribution < -0.4 is 0 Å². The van der Waals surface area contributed by atoms with E-state index in [1.54, 1.807) is 17.0 Å². The molecule has 0 N–H and O–H groups in total. The lowest BCUT2D eigenvalue weighted by atomic mass is 10.0. The van der Waals surface area contributed by atoms with E-state index in [2.05, 4.69) is 0 Å². The first-order chi connectivity index (χ1) is 9.99. The van der Waals surface area contributed by atoms with Gasteiger partial charge in [-0.05, 0) is 30.5 Å². The van der Waals surface area contributed by atoms with Gasteiger partial charge in [-0.2, -0.15) is 0 Å². The molecule has 2 atom stereocenters. The number of hydrogen-bond acceptors (Lipinski definition) is 3. The molecule has 6 heteroatoms. The van der Waals surface area contributed by atoms with Gasteiger partial charge in [0.05, 0.1) is 23.2 Å². The van der Waals surface area contributed by atoms with Crippen LogP contribution in [0.1, 0.15) is 37.8 Å². The van der Waals surface area contributed by atoms with Gasteiger partial charge in [-0.25, -0.2) is 4.79 Å². The number of esters is 1. The van der Waals surface area contributed by atoms with Gasteiger partial charge in [0.1, 0.15) is 6.04 Å². The highest BCUT2D eigenvalue weighted by Gasteiger charge is 2.40. The minimum Gasteiger partial charge on any atom is -0.467 e. The Morgan fingerprint density at radius 1 is 1.43 bits per heavy atom. The summed E-state index contributed by atoms with van der Waals surface area (Å²) >= 11 is 12.0. The number of rotatable bonds is 4. The summed E-state index contributed by atoms with van der Waals surface area (Å²) in [5, 5.41) is 0.904. The number of carbonyl (C=O) groups is 2. The lowest BCUT2D eigenvalue weighted by Crippen LogP contribution is -2.41. The lowest BCUT2D eigenvalue weighted by Gasteiger charge is -2.31. The summed E-state index contributed by atoms with van der Waals surface area (Å²) in [5.74, 6) is -0.414. The van der Waals surface area contributed by atoms with Crippen molar-refractivity contribution in [2.24, 2.45) is 0 Å². The molecule has 1 amide bonds. The summed E-state index contributed by atoms with van der Waals surface area (Å²) in [6.07, 6.45) is 1.53. The van der Waals surface area contributed by atoms with Crippen LogP contribution in [0.25, 0.3) is 0 Å². The van der Waals surface area contributed by atoms with Crippen molar-refractivity contribution >= 4 is 35.1 Å². The van der Waals surface area contributed by atoms with E-state index in [1.165, 1.54) is 7.11 Å². The zero-order valence-corrected chi connectivity index (χ0v) is 13.4. The third-order valence-corrected chi connectivity index (χ3v) is 4.52. The Morgan fingerprint density at radius 3 is 2.71 bits per heavy atom. The van der Waals surface area contributed by atoms with E-state index in [0.29, 0.717) is 29.3 Å². The molecule has 0 aliphatic carbocycles. The van der Waals surface area contributed by atoms with E-state index in [1.807, 2.05) is 13.0 Å². The third kappa shape index (κ3) is 3.16. The molecule has 1 saturated heterocycles. The molecule has 2 rings (SSSR count). The van der Waals surface area contributed by atoms with Crippen LogP contribution in [0.3, 0.4) is 0 Å². The van der Waals surface area contributed by atoms with Crippen LogP contribution in [0.4, 0.5) is 0 Å². The minimum absolute atomic E-state index is 0.0386. The van der Waals surface area contributed by atoms with Crippen molar-refractivity contribution in [3.8, 4) is 0 Å². The summed E-state index contributed by atoms with van der Waals surface area (Å²) in [4.78, 5) is 25.7. The molecular weight excluding hydrogens is 313 g/mol. The topological polar surface area (TPSA) is 46.6 Å². The molecule has 0 aromatic heterocycles. The van der Waals surface area contributed by atoms with Gasteiger partial charge in [0.25, 0.3) is 0 Å². The summed E-state index contributed by atoms with van der Waals surface area (Å²) in [6.45, 7) is 1.97. The summed E-state index contributed by atoms with van der Waals surface area (Å²) in [6, 6.07) is 4.55. The normalized spacial score (nSPS) is 19.7. The number of methoxy groups -OCH3 is 1. The number of carbonyl (C=O) groups excluding carboxylic acids is 2. The van der Waals surface area contributed by atoms with E-state index in [9.17, 15) is 9.59 Å². The van der Waals surface area contributed by atoms with Crippen LogP contribution in [-0.2, 0) is 14.3 Å². The average molecular weight is 330 g/mol. The Labute approximate surface area is 134 Å². The fourth-order valence-electron chi connectivity index (χ4n) is 2.77. The number of likely N-dealkylation sites (tertiary alicyclic amines) is 1. The maximum Gasteiger partial charge on any atom is 0.328 e. The first-order valence-corrected chi connectivity index (χ1v) is 7.59. The number of amides is 1. The van der Waals surface area contributed by atoms with Gasteiger partial charge < -0.3 is 9.64 Å². The zero-order chi connectivity index (χ0) is 15.6. The zero-order valence-electron chi connectivity index (χ0n) is 11.9. The highest BCUT2D eigenvalue weighted by molar-refractivity contribution is 6.42. The second-order valence-electron chi connectivity index (χ2n) is 4.98. The Balaban J connectivity index is 2.36. The Morgan fingerprint density at radius 2 is 2.14 bits per heavy atom. The highest BCUT2D eigenvalue weighted by atomic mass is 35.5. The van der Waals surface area contributed by atoms with Crippen molar-refractivity contribution in [2.75, 3.05) is 7.11 Å². The fraction of sp³-hybridized carbons (Fsp3) is 0.467. The smallest absolute Gasteiger partial charge is 0.328 e. The van der Waals surface area contributed by atoms with Crippen LogP contribution in [0.15, 0.2) is 18.2 Å². The number of benzene rings is 1. The number of halogens is 2. The highest BCUT2D eigenvalue weighted by Crippen LogP contribution is 2.35. The van der Waals surface area contributed by atoms with Crippen molar-refractivity contribution in [1.29, 1.82) is 0 Å². The van der Waals surface area contributed by atoms with Crippen LogP contribution >= 0.6 is 23.2 Å². The first kappa shape index (κ1) is 16.1. The molecule has 1 fully saturated rings. The van der Waals surface area contributed by atoms with Gasteiger partial charge in [0, 0.05) is 6.42 Å². The van der Waals surface area contributed by atoms with Crippen molar-refractivity contribution < 1.29 is 14.3 Å². The maximum absolute atomic E-state index is 12.2. The Hall–Kier alpha value is -1.26. The minimum atomic E-state index is -0.526. The second-order valence-corrected chi connectivity index (χ2v) is 5.79. The van der Waals surface area contributed by atoms with Gasteiger partial charge in [0.2, 0.25) is 5.91 Å². The Kier molecular flexibility index (Phi) is 5.12. The molecule has 21 heavy (non-hydrogen) atoms. The molecular formula is C15H17Cl2NO3. The van der Waals surface area contributed by atoms with Gasteiger partial charge in [-0.1, -0.05) is 36.2 Å². The maximum atomic E-state index is 12.2. The van der Waals surface area contributed by atoms with E-state index < -0.39 is 6.04 Å². The molecule has 2 unspecified atom stereocenters. The molecule has 4 nitrogen and oxygen atoms in total. The van der Waals surface area contributed by atoms with Crippen molar-refractivity contribution in [3.05, 3.63) is 33.8 Å². The quantitative estimate of drug-likeness (QED) is 0.793. The predicted octanol–water partition coefficient (Wildman–Crippen LogP) is 3.61. The van der Waals surface area contributed by atoms with Crippen molar-refractivity contribution in [1.82, 2.24) is 4.90 Å². The Bertz CT molecular complexity index is 562. The van der Waals surface area contributed by atoms with Gasteiger partial charge in [-0.15, -0.1) is 0 Å². The van der Waals surface area contributed by atoms with Gasteiger partial charge in [-0.3, -0.25) is 4.79 Å². The fourth-order valence-corrected chi connectivity index (χ4v) is 3.08. The van der Waals surface area contributed by atoms with Crippen LogP contribution in [-0.4, -0.2) is 29.9 Å². The van der Waals surface area contributed by atoms with E-state index >= 15 is 0 Å². The molecule has 0 bridgehead atoms. The van der Waals surface area contributed by atoms with Crippen LogP contribution in [0, 0.1) is 0 Å². The molecule has 0 radical (unpaired) electrons. The van der Waals surface area contributed by atoms with Gasteiger partial charge in [0.15, 0.2) is 0 Å². The molecule has 114 valence electrons. The SMILES string of the molecule is CCC(c1ccc(Cl)c(Cl)c1)N1C(=O)CCC1C(=O)OC. The number of ether oxygens (including phenoxy) is 1. The van der Waals surface area contributed by atoms with Crippen molar-refractivity contribution in [2.45, 2.75) is 38.3 Å². The molecule has 1 aromatic carbocycles. The molecule has 1 aromatic rings. The first-order valence-electron chi connectivity index (χ1n) is 6.83. The molecule has 1 aliphatic heterocycles. The molecule has 1 aliphatic rings. The molecule has 0 spiro atoms. The second kappa shape index (κ2) is 6.67. The summed E-state index contributed by atoms with van der Waals surface area (Å²) in [7, 11) is 1.34. The number of nitrogens with zero attached hydrogens (tertiary/aromatic N) is 1. The monoisotopic (exact) mass is 329 g/mol. The molecule has 0 saturated carbocycles. The third-order valence-electron chi connectivity index (χ3n) is 3.78. The van der Waals surface area contributed by atoms with E-state index in [0.717, 1.165) is 5.56 Å². The summed E-state index contributed by atoms with van der Waals surface area (Å²) in [5.41, 5.74) is 0.871. The molecule has 1 heterocycles. The predicted molar refractivity (Wildman–Crippen MR) is 81.4 cm³/mol. The van der Waals surface area contributed by atoms with Crippen LogP contribution in [0.2, 0.25) is 10.0 Å². The largest absolute Gasteiger partial charge is 0.467 e. The number of hydrogen-bond donors (Lipinski definition) is 0. The van der Waals surface area contributed by atoms with Gasteiger partial charge >= 0.3 is 5.97 Å². The average Bonchev–Trinajstić information content (AvgIpc) is 2.85.